The maximum Gasteiger partial charge on any atom is 0.148 e. The molecule has 80 valence electrons. The third-order valence-electron chi connectivity index (χ3n) is 2.76. The SMILES string of the molecule is Cc1ccc([S@](=O)[C@H]2CCCC2=O)cc1. The third-order valence-corrected chi connectivity index (χ3v) is 4.51. The van der Waals surface area contributed by atoms with Gasteiger partial charge < -0.3 is 0 Å². The van der Waals surface area contributed by atoms with E-state index >= 15 is 0 Å². The highest BCUT2D eigenvalue weighted by molar-refractivity contribution is 7.86. The summed E-state index contributed by atoms with van der Waals surface area (Å²) in [5, 5.41) is -0.257. The Bertz CT molecular complexity index is 395. The molecule has 0 aromatic heterocycles. The predicted octanol–water partition coefficient (Wildman–Crippen LogP) is 2.22. The van der Waals surface area contributed by atoms with Crippen LogP contribution in [-0.4, -0.2) is 15.2 Å². The van der Waals surface area contributed by atoms with Crippen molar-refractivity contribution in [3.63, 3.8) is 0 Å². The van der Waals surface area contributed by atoms with Crippen LogP contribution in [0.4, 0.5) is 0 Å². The number of hydrogen-bond donors (Lipinski definition) is 0. The average molecular weight is 222 g/mol. The number of ketones is 1. The summed E-state index contributed by atoms with van der Waals surface area (Å²) in [7, 11) is -1.15. The standard InChI is InChI=1S/C12H14O2S/c1-9-5-7-10(8-6-9)15(14)12-4-2-3-11(12)13/h5-8,12H,2-4H2,1H3/t12-,15-/m0/s1. The van der Waals surface area contributed by atoms with E-state index in [0.717, 1.165) is 23.3 Å². The molecule has 0 amide bonds. The Morgan fingerprint density at radius 3 is 2.47 bits per heavy atom. The van der Waals surface area contributed by atoms with Crippen molar-refractivity contribution >= 4 is 16.6 Å². The monoisotopic (exact) mass is 222 g/mol. The van der Waals surface area contributed by atoms with Gasteiger partial charge in [0.1, 0.15) is 5.78 Å². The lowest BCUT2D eigenvalue weighted by Crippen LogP contribution is -2.19. The number of aryl methyl sites for hydroxylation is 1. The van der Waals surface area contributed by atoms with Crippen LogP contribution in [0.3, 0.4) is 0 Å². The smallest absolute Gasteiger partial charge is 0.148 e. The molecule has 1 aliphatic rings. The fourth-order valence-electron chi connectivity index (χ4n) is 1.85. The highest BCUT2D eigenvalue weighted by Crippen LogP contribution is 2.24. The molecule has 0 unspecified atom stereocenters. The molecule has 0 aliphatic heterocycles. The number of hydrogen-bond acceptors (Lipinski definition) is 2. The second kappa shape index (κ2) is 4.27. The van der Waals surface area contributed by atoms with Crippen LogP contribution >= 0.6 is 0 Å². The van der Waals surface area contributed by atoms with Crippen molar-refractivity contribution in [2.45, 2.75) is 36.3 Å². The van der Waals surface area contributed by atoms with Gasteiger partial charge in [-0.25, -0.2) is 0 Å². The van der Waals surface area contributed by atoms with Gasteiger partial charge in [0, 0.05) is 11.3 Å². The van der Waals surface area contributed by atoms with E-state index in [1.165, 1.54) is 0 Å². The van der Waals surface area contributed by atoms with Crippen LogP contribution in [0, 0.1) is 6.92 Å². The first kappa shape index (κ1) is 10.6. The van der Waals surface area contributed by atoms with Crippen molar-refractivity contribution < 1.29 is 9.00 Å². The van der Waals surface area contributed by atoms with Crippen LogP contribution in [-0.2, 0) is 15.6 Å². The number of benzene rings is 1. The summed E-state index contributed by atoms with van der Waals surface area (Å²) in [4.78, 5) is 12.2. The lowest BCUT2D eigenvalue weighted by Gasteiger charge is -2.07. The Morgan fingerprint density at radius 2 is 1.93 bits per heavy atom. The molecule has 1 saturated carbocycles. The van der Waals surface area contributed by atoms with Gasteiger partial charge in [-0.15, -0.1) is 0 Å². The van der Waals surface area contributed by atoms with Crippen LogP contribution in [0.1, 0.15) is 24.8 Å². The molecule has 0 bridgehead atoms. The van der Waals surface area contributed by atoms with E-state index in [4.69, 9.17) is 0 Å². The Kier molecular flexibility index (Phi) is 3.00. The van der Waals surface area contributed by atoms with Gasteiger partial charge in [-0.05, 0) is 31.9 Å². The largest absolute Gasteiger partial charge is 0.298 e. The van der Waals surface area contributed by atoms with Gasteiger partial charge in [0.05, 0.1) is 16.0 Å². The number of carbonyl (C=O) groups excluding carboxylic acids is 1. The molecule has 0 N–H and O–H groups in total. The number of Topliss-reactive ketones (excluding diaryl/α,β-unsaturated/α-hetero) is 1. The minimum atomic E-state index is -1.15. The van der Waals surface area contributed by atoms with E-state index < -0.39 is 10.8 Å². The van der Waals surface area contributed by atoms with Gasteiger partial charge in [-0.2, -0.15) is 0 Å². The summed E-state index contributed by atoms with van der Waals surface area (Å²) < 4.78 is 12.1. The highest BCUT2D eigenvalue weighted by Gasteiger charge is 2.30. The van der Waals surface area contributed by atoms with E-state index in [2.05, 4.69) is 0 Å². The minimum Gasteiger partial charge on any atom is -0.298 e. The molecule has 1 aromatic rings. The van der Waals surface area contributed by atoms with Crippen molar-refractivity contribution in [3.8, 4) is 0 Å². The van der Waals surface area contributed by atoms with Crippen molar-refractivity contribution in [3.05, 3.63) is 29.8 Å². The summed E-state index contributed by atoms with van der Waals surface area (Å²) in [5.41, 5.74) is 1.15. The van der Waals surface area contributed by atoms with Gasteiger partial charge in [0.2, 0.25) is 0 Å². The van der Waals surface area contributed by atoms with Crippen molar-refractivity contribution in [1.82, 2.24) is 0 Å². The van der Waals surface area contributed by atoms with Gasteiger partial charge >= 0.3 is 0 Å². The quantitative estimate of drug-likeness (QED) is 0.769. The molecule has 1 aromatic carbocycles. The average Bonchev–Trinajstić information content (AvgIpc) is 2.65. The van der Waals surface area contributed by atoms with Crippen LogP contribution in [0.15, 0.2) is 29.2 Å². The summed E-state index contributed by atoms with van der Waals surface area (Å²) in [6.45, 7) is 1.99. The molecule has 0 saturated heterocycles. The molecule has 0 spiro atoms. The van der Waals surface area contributed by atoms with Crippen LogP contribution in [0.2, 0.25) is 0 Å². The molecule has 3 heteroatoms. The van der Waals surface area contributed by atoms with E-state index in [1.807, 2.05) is 31.2 Å². The normalized spacial score (nSPS) is 23.0. The Balaban J connectivity index is 2.20. The first-order valence-electron chi connectivity index (χ1n) is 5.18. The lowest BCUT2D eigenvalue weighted by molar-refractivity contribution is -0.117. The maximum atomic E-state index is 12.1. The fraction of sp³-hybridized carbons (Fsp3) is 0.417. The lowest BCUT2D eigenvalue weighted by atomic mass is 10.2. The van der Waals surface area contributed by atoms with Crippen LogP contribution in [0.25, 0.3) is 0 Å². The topological polar surface area (TPSA) is 34.1 Å². The molecule has 2 rings (SSSR count). The molecular formula is C12H14O2S. The van der Waals surface area contributed by atoms with Gasteiger partial charge in [0.25, 0.3) is 0 Å². The van der Waals surface area contributed by atoms with E-state index in [9.17, 15) is 9.00 Å². The van der Waals surface area contributed by atoms with Gasteiger partial charge in [-0.3, -0.25) is 9.00 Å². The zero-order valence-electron chi connectivity index (χ0n) is 8.73. The zero-order chi connectivity index (χ0) is 10.8. The first-order valence-corrected chi connectivity index (χ1v) is 6.40. The van der Waals surface area contributed by atoms with Crippen LogP contribution < -0.4 is 0 Å². The van der Waals surface area contributed by atoms with E-state index in [1.54, 1.807) is 0 Å². The first-order chi connectivity index (χ1) is 7.18. The fourth-order valence-corrected chi connectivity index (χ4v) is 3.32. The Hall–Kier alpha value is -0.960. The summed E-state index contributed by atoms with van der Waals surface area (Å²) >= 11 is 0. The zero-order valence-corrected chi connectivity index (χ0v) is 9.55. The van der Waals surface area contributed by atoms with Crippen molar-refractivity contribution in [2.75, 3.05) is 0 Å². The Morgan fingerprint density at radius 1 is 1.27 bits per heavy atom. The summed E-state index contributed by atoms with van der Waals surface area (Å²) in [6, 6.07) is 7.59. The van der Waals surface area contributed by atoms with E-state index in [0.29, 0.717) is 6.42 Å². The number of rotatable bonds is 2. The second-order valence-electron chi connectivity index (χ2n) is 3.96. The maximum absolute atomic E-state index is 12.1. The van der Waals surface area contributed by atoms with Gasteiger partial charge in [0.15, 0.2) is 0 Å². The van der Waals surface area contributed by atoms with Crippen molar-refractivity contribution in [2.24, 2.45) is 0 Å². The summed E-state index contributed by atoms with van der Waals surface area (Å²) in [5.74, 6) is 0.161. The summed E-state index contributed by atoms with van der Waals surface area (Å²) in [6.07, 6.45) is 2.27. The molecule has 1 aliphatic carbocycles. The highest BCUT2D eigenvalue weighted by atomic mass is 32.2. The third kappa shape index (κ3) is 2.17. The molecule has 1 fully saturated rings. The molecule has 2 atom stereocenters. The van der Waals surface area contributed by atoms with Crippen molar-refractivity contribution in [1.29, 1.82) is 0 Å². The number of carbonyl (C=O) groups is 1. The molecule has 0 radical (unpaired) electrons. The van der Waals surface area contributed by atoms with Crippen LogP contribution in [0.5, 0.6) is 0 Å². The van der Waals surface area contributed by atoms with Gasteiger partial charge in [-0.1, -0.05) is 17.7 Å². The Labute approximate surface area is 92.2 Å². The second-order valence-corrected chi connectivity index (χ2v) is 5.59. The molecule has 2 nitrogen and oxygen atoms in total. The van der Waals surface area contributed by atoms with E-state index in [-0.39, 0.29) is 11.0 Å². The molecule has 0 heterocycles. The predicted molar refractivity (Wildman–Crippen MR) is 60.2 cm³/mol. The minimum absolute atomic E-state index is 0.161. The molecule has 15 heavy (non-hydrogen) atoms. The molecular weight excluding hydrogens is 208 g/mol.